The summed E-state index contributed by atoms with van der Waals surface area (Å²) in [4.78, 5) is 28.2. The van der Waals surface area contributed by atoms with E-state index in [0.29, 0.717) is 16.9 Å². The molecule has 2 atom stereocenters. The quantitative estimate of drug-likeness (QED) is 0.488. The highest BCUT2D eigenvalue weighted by Gasteiger charge is 2.43. The Hall–Kier alpha value is -3.50. The second-order valence-corrected chi connectivity index (χ2v) is 11.8. The van der Waals surface area contributed by atoms with Crippen LogP contribution in [0.1, 0.15) is 31.9 Å². The van der Waals surface area contributed by atoms with Crippen LogP contribution in [0.5, 0.6) is 0 Å². The van der Waals surface area contributed by atoms with Crippen LogP contribution >= 0.6 is 0 Å². The van der Waals surface area contributed by atoms with E-state index in [4.69, 9.17) is 4.42 Å². The first-order chi connectivity index (χ1) is 18.0. The number of carbonyl (C=O) groups excluding carboxylic acids is 2. The predicted octanol–water partition coefficient (Wildman–Crippen LogP) is 3.96. The van der Waals surface area contributed by atoms with Crippen molar-refractivity contribution >= 4 is 21.8 Å². The van der Waals surface area contributed by atoms with Gasteiger partial charge in [-0.25, -0.2) is 12.8 Å². The maximum atomic E-state index is 14.8. The molecular formula is C28H32FN3O5S. The van der Waals surface area contributed by atoms with Gasteiger partial charge < -0.3 is 14.6 Å². The molecule has 1 aliphatic rings. The van der Waals surface area contributed by atoms with Crippen molar-refractivity contribution in [3.8, 4) is 11.3 Å². The summed E-state index contributed by atoms with van der Waals surface area (Å²) in [7, 11) is -3.88. The smallest absolute Gasteiger partial charge is 0.244 e. The number of aryl methyl sites for hydroxylation is 1. The van der Waals surface area contributed by atoms with Crippen LogP contribution in [0.15, 0.2) is 70.2 Å². The van der Waals surface area contributed by atoms with E-state index in [1.54, 1.807) is 64.1 Å². The molecule has 0 spiro atoms. The van der Waals surface area contributed by atoms with Crippen molar-refractivity contribution in [2.24, 2.45) is 5.92 Å². The van der Waals surface area contributed by atoms with Gasteiger partial charge in [0.2, 0.25) is 21.8 Å². The van der Waals surface area contributed by atoms with E-state index in [2.05, 4.69) is 5.32 Å². The molecule has 1 aliphatic heterocycles. The topological polar surface area (TPSA) is 99.9 Å². The second-order valence-electron chi connectivity index (χ2n) is 9.85. The van der Waals surface area contributed by atoms with Gasteiger partial charge in [0, 0.05) is 31.6 Å². The lowest BCUT2D eigenvalue weighted by Gasteiger charge is -2.44. The zero-order valence-electron chi connectivity index (χ0n) is 21.8. The molecule has 0 radical (unpaired) electrons. The Morgan fingerprint density at radius 1 is 1.11 bits per heavy atom. The van der Waals surface area contributed by atoms with Gasteiger partial charge in [0.1, 0.15) is 17.6 Å². The molecule has 2 amide bonds. The summed E-state index contributed by atoms with van der Waals surface area (Å²) in [6.07, 6.45) is 1.47. The van der Waals surface area contributed by atoms with Gasteiger partial charge in [-0.05, 0) is 61.4 Å². The molecule has 38 heavy (non-hydrogen) atoms. The van der Waals surface area contributed by atoms with Gasteiger partial charge in [0.15, 0.2) is 0 Å². The minimum absolute atomic E-state index is 0.0139. The SMILES string of the molecule is Cc1cc(-c2ccco2)c(F)cc1CNC(=O)[C@H]1CN(S(=O)(=O)c2ccccc2)C[C@@H](C)N1C(=O)C(C)C. The molecule has 0 bridgehead atoms. The third-order valence-electron chi connectivity index (χ3n) is 6.75. The summed E-state index contributed by atoms with van der Waals surface area (Å²) in [5.41, 5.74) is 1.63. The summed E-state index contributed by atoms with van der Waals surface area (Å²) in [5, 5.41) is 2.80. The van der Waals surface area contributed by atoms with Gasteiger partial charge in [0.05, 0.1) is 16.7 Å². The summed E-state index contributed by atoms with van der Waals surface area (Å²) in [6.45, 7) is 6.92. The van der Waals surface area contributed by atoms with Crippen LogP contribution in [-0.2, 0) is 26.2 Å². The molecule has 0 saturated carbocycles. The molecule has 2 aromatic carbocycles. The van der Waals surface area contributed by atoms with Crippen LogP contribution in [0.2, 0.25) is 0 Å². The third-order valence-corrected chi connectivity index (χ3v) is 8.60. The van der Waals surface area contributed by atoms with Gasteiger partial charge >= 0.3 is 0 Å². The Balaban J connectivity index is 1.58. The number of sulfonamides is 1. The van der Waals surface area contributed by atoms with E-state index in [1.807, 2.05) is 0 Å². The van der Waals surface area contributed by atoms with E-state index in [9.17, 15) is 22.4 Å². The fraction of sp³-hybridized carbons (Fsp3) is 0.357. The van der Waals surface area contributed by atoms with Gasteiger partial charge in [0.25, 0.3) is 0 Å². The number of halogens is 1. The summed E-state index contributed by atoms with van der Waals surface area (Å²) >= 11 is 0. The Morgan fingerprint density at radius 2 is 1.82 bits per heavy atom. The zero-order valence-corrected chi connectivity index (χ0v) is 22.7. The minimum Gasteiger partial charge on any atom is -0.464 e. The highest BCUT2D eigenvalue weighted by atomic mass is 32.2. The molecule has 1 fully saturated rings. The number of hydrogen-bond donors (Lipinski definition) is 1. The molecule has 2 heterocycles. The second kappa shape index (κ2) is 11.1. The Kier molecular flexibility index (Phi) is 8.03. The largest absolute Gasteiger partial charge is 0.464 e. The van der Waals surface area contributed by atoms with Crippen molar-refractivity contribution in [1.82, 2.24) is 14.5 Å². The van der Waals surface area contributed by atoms with E-state index >= 15 is 0 Å². The molecule has 4 rings (SSSR count). The fourth-order valence-corrected chi connectivity index (χ4v) is 6.24. The molecule has 1 N–H and O–H groups in total. The highest BCUT2D eigenvalue weighted by Crippen LogP contribution is 2.27. The first-order valence-electron chi connectivity index (χ1n) is 12.5. The van der Waals surface area contributed by atoms with E-state index < -0.39 is 33.8 Å². The number of amides is 2. The minimum atomic E-state index is -3.88. The number of furan rings is 1. The first-order valence-corrected chi connectivity index (χ1v) is 13.9. The number of piperazine rings is 1. The molecule has 1 aromatic heterocycles. The number of rotatable bonds is 7. The standard InChI is InChI=1S/C28H32FN3O5S/c1-18(2)28(34)32-20(4)16-31(38(35,36)22-9-6-5-7-10-22)17-25(32)27(33)30-15-21-14-24(29)23(13-19(21)3)26-11-8-12-37-26/h5-14,18,20,25H,15-17H2,1-4H3,(H,30,33)/t20-,25-/m1/s1. The number of nitrogens with one attached hydrogen (secondary N) is 1. The van der Waals surface area contributed by atoms with Crippen molar-refractivity contribution in [2.75, 3.05) is 13.1 Å². The molecule has 3 aromatic rings. The fourth-order valence-electron chi connectivity index (χ4n) is 4.70. The van der Waals surface area contributed by atoms with Gasteiger partial charge in [-0.3, -0.25) is 9.59 Å². The van der Waals surface area contributed by atoms with Crippen molar-refractivity contribution < 1.29 is 26.8 Å². The molecule has 10 heteroatoms. The number of hydrogen-bond acceptors (Lipinski definition) is 5. The third kappa shape index (κ3) is 5.51. The molecule has 8 nitrogen and oxygen atoms in total. The van der Waals surface area contributed by atoms with Crippen molar-refractivity contribution in [3.05, 3.63) is 77.8 Å². The van der Waals surface area contributed by atoms with Gasteiger partial charge in [-0.15, -0.1) is 0 Å². The highest BCUT2D eigenvalue weighted by molar-refractivity contribution is 7.89. The first kappa shape index (κ1) is 27.5. The lowest BCUT2D eigenvalue weighted by atomic mass is 10.0. The Bertz CT molecular complexity index is 1410. The predicted molar refractivity (Wildman–Crippen MR) is 141 cm³/mol. The van der Waals surface area contributed by atoms with Crippen molar-refractivity contribution in [2.45, 2.75) is 51.2 Å². The van der Waals surface area contributed by atoms with E-state index in [1.165, 1.54) is 33.7 Å². The summed E-state index contributed by atoms with van der Waals surface area (Å²) in [5.74, 6) is -1.21. The van der Waals surface area contributed by atoms with Crippen molar-refractivity contribution in [3.63, 3.8) is 0 Å². The summed E-state index contributed by atoms with van der Waals surface area (Å²) < 4.78 is 48.1. The molecule has 0 aliphatic carbocycles. The average Bonchev–Trinajstić information content (AvgIpc) is 3.43. The summed E-state index contributed by atoms with van der Waals surface area (Å²) in [6, 6.07) is 12.8. The lowest BCUT2D eigenvalue weighted by molar-refractivity contribution is -0.148. The van der Waals surface area contributed by atoms with E-state index in [0.717, 1.165) is 5.56 Å². The average molecular weight is 542 g/mol. The molecule has 0 unspecified atom stereocenters. The Morgan fingerprint density at radius 3 is 2.45 bits per heavy atom. The Labute approximate surface area is 222 Å². The molecular weight excluding hydrogens is 509 g/mol. The van der Waals surface area contributed by atoms with Crippen molar-refractivity contribution in [1.29, 1.82) is 0 Å². The lowest BCUT2D eigenvalue weighted by Crippen LogP contribution is -2.65. The number of nitrogens with zero attached hydrogens (tertiary/aromatic N) is 2. The maximum absolute atomic E-state index is 14.8. The van der Waals surface area contributed by atoms with Crippen LogP contribution < -0.4 is 5.32 Å². The normalized spacial score (nSPS) is 18.5. The van der Waals surface area contributed by atoms with Gasteiger partial charge in [-0.2, -0.15) is 4.31 Å². The maximum Gasteiger partial charge on any atom is 0.244 e. The van der Waals surface area contributed by atoms with Crippen LogP contribution in [0.4, 0.5) is 4.39 Å². The monoisotopic (exact) mass is 541 g/mol. The van der Waals surface area contributed by atoms with Crippen LogP contribution in [0.25, 0.3) is 11.3 Å². The number of benzene rings is 2. The molecule has 202 valence electrons. The van der Waals surface area contributed by atoms with E-state index in [-0.39, 0.29) is 36.4 Å². The van der Waals surface area contributed by atoms with Crippen LogP contribution in [0.3, 0.4) is 0 Å². The van der Waals surface area contributed by atoms with Gasteiger partial charge in [-0.1, -0.05) is 32.0 Å². The molecule has 1 saturated heterocycles. The van der Waals surface area contributed by atoms with Crippen LogP contribution in [0, 0.1) is 18.7 Å². The number of carbonyl (C=O) groups is 2. The zero-order chi connectivity index (χ0) is 27.6. The van der Waals surface area contributed by atoms with Crippen LogP contribution in [-0.4, -0.2) is 54.6 Å².